The molecule has 0 radical (unpaired) electrons. The van der Waals surface area contributed by atoms with E-state index in [4.69, 9.17) is 4.74 Å². The first-order valence-electron chi connectivity index (χ1n) is 5.77. The summed E-state index contributed by atoms with van der Waals surface area (Å²) in [6.45, 7) is 15.0. The van der Waals surface area contributed by atoms with E-state index in [0.717, 1.165) is 32.8 Å². The Labute approximate surface area is 93.5 Å². The first-order valence-corrected chi connectivity index (χ1v) is 5.77. The highest BCUT2D eigenvalue weighted by molar-refractivity contribution is 4.90. The SMILES string of the molecule is C=CCN(CCOC1(C)CNC1)C(C)C. The Balaban J connectivity index is 2.18. The molecule has 0 spiro atoms. The Morgan fingerprint density at radius 2 is 2.20 bits per heavy atom. The van der Waals surface area contributed by atoms with E-state index in [9.17, 15) is 0 Å². The number of ether oxygens (including phenoxy) is 1. The van der Waals surface area contributed by atoms with Crippen LogP contribution in [0, 0.1) is 0 Å². The van der Waals surface area contributed by atoms with Crippen molar-refractivity contribution in [1.82, 2.24) is 10.2 Å². The van der Waals surface area contributed by atoms with Crippen molar-refractivity contribution in [3.63, 3.8) is 0 Å². The smallest absolute Gasteiger partial charge is 0.0902 e. The molecule has 0 atom stereocenters. The molecule has 1 N–H and O–H groups in total. The van der Waals surface area contributed by atoms with E-state index >= 15 is 0 Å². The van der Waals surface area contributed by atoms with Gasteiger partial charge in [0, 0.05) is 32.2 Å². The predicted molar refractivity (Wildman–Crippen MR) is 64.1 cm³/mol. The van der Waals surface area contributed by atoms with Crippen LogP contribution < -0.4 is 5.32 Å². The summed E-state index contributed by atoms with van der Waals surface area (Å²) >= 11 is 0. The van der Waals surface area contributed by atoms with Crippen molar-refractivity contribution < 1.29 is 4.74 Å². The predicted octanol–water partition coefficient (Wildman–Crippen LogP) is 1.26. The Kier molecular flexibility index (Phi) is 4.77. The molecule has 3 heteroatoms. The van der Waals surface area contributed by atoms with E-state index in [0.29, 0.717) is 6.04 Å². The van der Waals surface area contributed by atoms with Crippen LogP contribution in [0.3, 0.4) is 0 Å². The maximum atomic E-state index is 5.85. The summed E-state index contributed by atoms with van der Waals surface area (Å²) in [6, 6.07) is 0.555. The monoisotopic (exact) mass is 212 g/mol. The molecule has 0 saturated carbocycles. The number of hydrogen-bond donors (Lipinski definition) is 1. The second kappa shape index (κ2) is 5.64. The van der Waals surface area contributed by atoms with Crippen LogP contribution in [0.25, 0.3) is 0 Å². The van der Waals surface area contributed by atoms with Gasteiger partial charge in [-0.3, -0.25) is 4.90 Å². The van der Waals surface area contributed by atoms with Gasteiger partial charge in [-0.05, 0) is 20.8 Å². The minimum atomic E-state index is 0.0802. The fourth-order valence-electron chi connectivity index (χ4n) is 1.71. The lowest BCUT2D eigenvalue weighted by Crippen LogP contribution is -2.59. The molecule has 0 aromatic heterocycles. The van der Waals surface area contributed by atoms with Crippen LogP contribution in [0.4, 0.5) is 0 Å². The average molecular weight is 212 g/mol. The van der Waals surface area contributed by atoms with Crippen molar-refractivity contribution in [3.8, 4) is 0 Å². The minimum absolute atomic E-state index is 0.0802. The summed E-state index contributed by atoms with van der Waals surface area (Å²) in [6.07, 6.45) is 1.95. The number of rotatable bonds is 7. The van der Waals surface area contributed by atoms with Gasteiger partial charge in [0.2, 0.25) is 0 Å². The Bertz CT molecular complexity index is 200. The molecule has 0 aromatic carbocycles. The fraction of sp³-hybridized carbons (Fsp3) is 0.833. The summed E-state index contributed by atoms with van der Waals surface area (Å²) in [7, 11) is 0. The molecule has 1 aliphatic heterocycles. The lowest BCUT2D eigenvalue weighted by molar-refractivity contribution is -0.0730. The Morgan fingerprint density at radius 1 is 1.53 bits per heavy atom. The van der Waals surface area contributed by atoms with Gasteiger partial charge < -0.3 is 10.1 Å². The van der Waals surface area contributed by atoms with Crippen LogP contribution in [-0.4, -0.2) is 49.3 Å². The quantitative estimate of drug-likeness (QED) is 0.643. The largest absolute Gasteiger partial charge is 0.371 e. The molecule has 0 aromatic rings. The molecule has 1 rings (SSSR count). The summed E-state index contributed by atoms with van der Waals surface area (Å²) in [5.41, 5.74) is 0.0802. The maximum absolute atomic E-state index is 5.85. The van der Waals surface area contributed by atoms with Crippen LogP contribution in [0.5, 0.6) is 0 Å². The first kappa shape index (κ1) is 12.7. The third-order valence-electron chi connectivity index (χ3n) is 2.92. The minimum Gasteiger partial charge on any atom is -0.371 e. The average Bonchev–Trinajstić information content (AvgIpc) is 2.13. The van der Waals surface area contributed by atoms with E-state index < -0.39 is 0 Å². The number of nitrogens with zero attached hydrogens (tertiary/aromatic N) is 1. The van der Waals surface area contributed by atoms with Crippen LogP contribution >= 0.6 is 0 Å². The zero-order chi connectivity index (χ0) is 11.3. The first-order chi connectivity index (χ1) is 7.07. The summed E-state index contributed by atoms with van der Waals surface area (Å²) in [5.74, 6) is 0. The van der Waals surface area contributed by atoms with Crippen molar-refractivity contribution in [2.24, 2.45) is 0 Å². The van der Waals surface area contributed by atoms with Crippen LogP contribution in [0.1, 0.15) is 20.8 Å². The number of nitrogens with one attached hydrogen (secondary N) is 1. The molecule has 0 bridgehead atoms. The molecule has 1 fully saturated rings. The topological polar surface area (TPSA) is 24.5 Å². The van der Waals surface area contributed by atoms with Gasteiger partial charge in [0.25, 0.3) is 0 Å². The van der Waals surface area contributed by atoms with E-state index in [1.807, 2.05) is 6.08 Å². The summed E-state index contributed by atoms with van der Waals surface area (Å²) < 4.78 is 5.85. The standard InChI is InChI=1S/C12H24N2O/c1-5-6-14(11(2)3)7-8-15-12(4)9-13-10-12/h5,11,13H,1,6-10H2,2-4H3. The van der Waals surface area contributed by atoms with E-state index in [1.165, 1.54) is 0 Å². The van der Waals surface area contributed by atoms with Crippen molar-refractivity contribution in [2.45, 2.75) is 32.4 Å². The summed E-state index contributed by atoms with van der Waals surface area (Å²) in [4.78, 5) is 2.36. The van der Waals surface area contributed by atoms with Gasteiger partial charge in [-0.1, -0.05) is 6.08 Å². The van der Waals surface area contributed by atoms with Crippen LogP contribution in [0.15, 0.2) is 12.7 Å². The molecular weight excluding hydrogens is 188 g/mol. The van der Waals surface area contributed by atoms with Gasteiger partial charge in [0.1, 0.15) is 0 Å². The molecule has 1 aliphatic rings. The lowest BCUT2D eigenvalue weighted by Gasteiger charge is -2.39. The number of hydrogen-bond acceptors (Lipinski definition) is 3. The fourth-order valence-corrected chi connectivity index (χ4v) is 1.71. The molecule has 88 valence electrons. The molecule has 0 aliphatic carbocycles. The third-order valence-corrected chi connectivity index (χ3v) is 2.92. The molecule has 15 heavy (non-hydrogen) atoms. The van der Waals surface area contributed by atoms with Gasteiger partial charge in [0.15, 0.2) is 0 Å². The highest BCUT2D eigenvalue weighted by Crippen LogP contribution is 2.14. The zero-order valence-corrected chi connectivity index (χ0v) is 10.3. The lowest BCUT2D eigenvalue weighted by atomic mass is 10.0. The molecule has 0 amide bonds. The van der Waals surface area contributed by atoms with Crippen molar-refractivity contribution >= 4 is 0 Å². The highest BCUT2D eigenvalue weighted by Gasteiger charge is 2.32. The van der Waals surface area contributed by atoms with Crippen LogP contribution in [0.2, 0.25) is 0 Å². The zero-order valence-electron chi connectivity index (χ0n) is 10.3. The molecule has 1 heterocycles. The third kappa shape index (κ3) is 3.93. The highest BCUT2D eigenvalue weighted by atomic mass is 16.5. The normalized spacial score (nSPS) is 19.3. The van der Waals surface area contributed by atoms with Gasteiger partial charge in [-0.25, -0.2) is 0 Å². The van der Waals surface area contributed by atoms with Gasteiger partial charge >= 0.3 is 0 Å². The van der Waals surface area contributed by atoms with Gasteiger partial charge in [0.05, 0.1) is 12.2 Å². The molecule has 0 unspecified atom stereocenters. The molecule has 1 saturated heterocycles. The van der Waals surface area contributed by atoms with Crippen molar-refractivity contribution in [2.75, 3.05) is 32.8 Å². The molecule has 3 nitrogen and oxygen atoms in total. The van der Waals surface area contributed by atoms with Crippen LogP contribution in [-0.2, 0) is 4.74 Å². The van der Waals surface area contributed by atoms with Crippen molar-refractivity contribution in [3.05, 3.63) is 12.7 Å². The Hall–Kier alpha value is -0.380. The van der Waals surface area contributed by atoms with Gasteiger partial charge in [-0.15, -0.1) is 6.58 Å². The second-order valence-electron chi connectivity index (χ2n) is 4.78. The Morgan fingerprint density at radius 3 is 2.60 bits per heavy atom. The van der Waals surface area contributed by atoms with Gasteiger partial charge in [-0.2, -0.15) is 0 Å². The maximum Gasteiger partial charge on any atom is 0.0902 e. The van der Waals surface area contributed by atoms with E-state index in [1.54, 1.807) is 0 Å². The van der Waals surface area contributed by atoms with E-state index in [-0.39, 0.29) is 5.60 Å². The van der Waals surface area contributed by atoms with Crippen molar-refractivity contribution in [1.29, 1.82) is 0 Å². The molecular formula is C12H24N2O. The van der Waals surface area contributed by atoms with E-state index in [2.05, 4.69) is 37.6 Å². The summed E-state index contributed by atoms with van der Waals surface area (Å²) in [5, 5.41) is 3.23. The second-order valence-corrected chi connectivity index (χ2v) is 4.78.